The number of halogens is 1. The molecule has 3 atom stereocenters. The van der Waals surface area contributed by atoms with Crippen LogP contribution in [0.4, 0.5) is 4.39 Å². The van der Waals surface area contributed by atoms with Gasteiger partial charge in [0.15, 0.2) is 5.60 Å². The maximum atomic E-state index is 15.0. The van der Waals surface area contributed by atoms with Gasteiger partial charge in [0, 0.05) is 37.7 Å². The molecule has 2 heterocycles. The summed E-state index contributed by atoms with van der Waals surface area (Å²) in [7, 11) is 0. The molecule has 0 radical (unpaired) electrons. The second kappa shape index (κ2) is 17.4. The lowest BCUT2D eigenvalue weighted by Crippen LogP contribution is -2.56. The van der Waals surface area contributed by atoms with Crippen molar-refractivity contribution in [3.8, 4) is 0 Å². The summed E-state index contributed by atoms with van der Waals surface area (Å²) in [4.78, 5) is 21.2. The Kier molecular flexibility index (Phi) is 12.8. The SMILES string of the molecule is O=C(NC1CN(Cc2ccccc2)N(C2CCCCCCCCCC2)C1)C1(C2CCCCCCCC2)CC(c2ccccc2F)NO1. The zero-order valence-corrected chi connectivity index (χ0v) is 28.7. The Hall–Kier alpha value is -2.32. The zero-order valence-electron chi connectivity index (χ0n) is 28.7. The van der Waals surface area contributed by atoms with Gasteiger partial charge in [0.25, 0.3) is 5.91 Å². The van der Waals surface area contributed by atoms with Gasteiger partial charge in [-0.1, -0.05) is 138 Å². The Morgan fingerprint density at radius 2 is 1.34 bits per heavy atom. The fraction of sp³-hybridized carbons (Fsp3) is 0.675. The van der Waals surface area contributed by atoms with Crippen LogP contribution in [0.25, 0.3) is 0 Å². The van der Waals surface area contributed by atoms with E-state index in [9.17, 15) is 9.18 Å². The second-order valence-electron chi connectivity index (χ2n) is 15.0. The number of carbonyl (C=O) groups is 1. The molecular weight excluding hydrogens is 587 g/mol. The fourth-order valence-corrected chi connectivity index (χ4v) is 8.92. The minimum atomic E-state index is -1.01. The highest BCUT2D eigenvalue weighted by atomic mass is 19.1. The van der Waals surface area contributed by atoms with E-state index in [-0.39, 0.29) is 29.7 Å². The monoisotopic (exact) mass is 646 g/mol. The highest BCUT2D eigenvalue weighted by molar-refractivity contribution is 5.86. The van der Waals surface area contributed by atoms with Gasteiger partial charge in [-0.3, -0.25) is 9.63 Å². The summed E-state index contributed by atoms with van der Waals surface area (Å²) >= 11 is 0. The van der Waals surface area contributed by atoms with Crippen LogP contribution in [0.5, 0.6) is 0 Å². The first kappa shape index (κ1) is 34.5. The van der Waals surface area contributed by atoms with Gasteiger partial charge in [-0.25, -0.2) is 14.4 Å². The number of hydroxylamine groups is 1. The lowest BCUT2D eigenvalue weighted by molar-refractivity contribution is -0.158. The van der Waals surface area contributed by atoms with E-state index in [4.69, 9.17) is 4.84 Å². The first-order valence-corrected chi connectivity index (χ1v) is 19.2. The molecule has 3 unspecified atom stereocenters. The number of nitrogens with zero attached hydrogens (tertiary/aromatic N) is 2. The average molecular weight is 647 g/mol. The summed E-state index contributed by atoms with van der Waals surface area (Å²) in [5, 5.41) is 8.71. The normalized spacial score (nSPS) is 28.6. The standard InChI is InChI=1S/C40H59FN4O2/c41-37-27-19-18-26-36(37)38-28-40(47-43-38,33-22-14-7-5-6-8-15-23-33)39(46)42-34-30-44(29-32-20-12-11-13-21-32)45(31-34)35-24-16-9-3-1-2-4-10-17-25-35/h11-13,18-21,26-27,33-35,38,43H,1-10,14-17,22-25,28-31H2,(H,42,46). The molecule has 0 spiro atoms. The molecule has 2 saturated carbocycles. The Morgan fingerprint density at radius 3 is 1.98 bits per heavy atom. The van der Waals surface area contributed by atoms with E-state index < -0.39 is 5.60 Å². The summed E-state index contributed by atoms with van der Waals surface area (Å²) < 4.78 is 15.0. The number of hydrogen-bond donors (Lipinski definition) is 2. The van der Waals surface area contributed by atoms with Crippen molar-refractivity contribution in [1.29, 1.82) is 0 Å². The number of amides is 1. The minimum absolute atomic E-state index is 0.00807. The van der Waals surface area contributed by atoms with Crippen LogP contribution in [0.2, 0.25) is 0 Å². The fourth-order valence-electron chi connectivity index (χ4n) is 8.92. The van der Waals surface area contributed by atoms with Gasteiger partial charge in [-0.2, -0.15) is 5.48 Å². The largest absolute Gasteiger partial charge is 0.348 e. The van der Waals surface area contributed by atoms with Crippen LogP contribution in [0, 0.1) is 11.7 Å². The van der Waals surface area contributed by atoms with Gasteiger partial charge < -0.3 is 5.32 Å². The van der Waals surface area contributed by atoms with Crippen LogP contribution in [-0.2, 0) is 16.2 Å². The Balaban J connectivity index is 1.22. The molecule has 2 aromatic rings. The highest BCUT2D eigenvalue weighted by Crippen LogP contribution is 2.44. The van der Waals surface area contributed by atoms with Gasteiger partial charge >= 0.3 is 0 Å². The van der Waals surface area contributed by atoms with Crippen LogP contribution in [0.15, 0.2) is 54.6 Å². The third kappa shape index (κ3) is 9.03. The van der Waals surface area contributed by atoms with Crippen LogP contribution in [0.3, 0.4) is 0 Å². The first-order chi connectivity index (χ1) is 23.1. The third-order valence-electron chi connectivity index (χ3n) is 11.6. The van der Waals surface area contributed by atoms with Gasteiger partial charge in [-0.05, 0) is 43.2 Å². The number of rotatable bonds is 7. The second-order valence-corrected chi connectivity index (χ2v) is 15.0. The topological polar surface area (TPSA) is 56.8 Å². The van der Waals surface area contributed by atoms with E-state index in [0.717, 1.165) is 45.3 Å². The summed E-state index contributed by atoms with van der Waals surface area (Å²) in [6.07, 6.45) is 22.6. The lowest BCUT2D eigenvalue weighted by atomic mass is 9.76. The Bertz CT molecular complexity index is 1220. The van der Waals surface area contributed by atoms with E-state index in [1.807, 2.05) is 12.1 Å². The average Bonchev–Trinajstić information content (AvgIpc) is 3.72. The first-order valence-electron chi connectivity index (χ1n) is 19.2. The van der Waals surface area contributed by atoms with Crippen molar-refractivity contribution >= 4 is 5.91 Å². The van der Waals surface area contributed by atoms with Gasteiger partial charge in [0.2, 0.25) is 0 Å². The molecular formula is C40H59FN4O2. The molecule has 6 rings (SSSR count). The zero-order chi connectivity index (χ0) is 32.3. The van der Waals surface area contributed by atoms with Crippen LogP contribution in [-0.4, -0.2) is 46.7 Å². The molecule has 258 valence electrons. The van der Waals surface area contributed by atoms with Crippen LogP contribution in [0.1, 0.15) is 139 Å². The molecule has 7 heteroatoms. The number of hydrazine groups is 1. The van der Waals surface area contributed by atoms with Crippen molar-refractivity contribution in [2.45, 2.75) is 152 Å². The molecule has 2 aliphatic heterocycles. The van der Waals surface area contributed by atoms with Crippen LogP contribution < -0.4 is 10.8 Å². The number of benzene rings is 2. The van der Waals surface area contributed by atoms with Crippen molar-refractivity contribution in [2.75, 3.05) is 13.1 Å². The van der Waals surface area contributed by atoms with Crippen molar-refractivity contribution in [2.24, 2.45) is 5.92 Å². The summed E-state index contributed by atoms with van der Waals surface area (Å²) in [5.74, 6) is -0.157. The van der Waals surface area contributed by atoms with Crippen LogP contribution >= 0.6 is 0 Å². The van der Waals surface area contributed by atoms with Crippen molar-refractivity contribution in [3.05, 3.63) is 71.5 Å². The lowest BCUT2D eigenvalue weighted by Gasteiger charge is -2.36. The highest BCUT2D eigenvalue weighted by Gasteiger charge is 2.54. The molecule has 47 heavy (non-hydrogen) atoms. The molecule has 0 bridgehead atoms. The number of carbonyl (C=O) groups excluding carboxylic acids is 1. The predicted octanol–water partition coefficient (Wildman–Crippen LogP) is 8.78. The summed E-state index contributed by atoms with van der Waals surface area (Å²) in [6, 6.07) is 17.8. The maximum Gasteiger partial charge on any atom is 0.255 e. The van der Waals surface area contributed by atoms with E-state index >= 15 is 0 Å². The molecule has 2 aromatic carbocycles. The molecule has 2 aliphatic carbocycles. The number of hydrogen-bond acceptors (Lipinski definition) is 5. The molecule has 6 nitrogen and oxygen atoms in total. The van der Waals surface area contributed by atoms with Gasteiger partial charge in [0.05, 0.1) is 12.1 Å². The quantitative estimate of drug-likeness (QED) is 0.315. The van der Waals surface area contributed by atoms with Crippen molar-refractivity contribution in [3.63, 3.8) is 0 Å². The minimum Gasteiger partial charge on any atom is -0.348 e. The maximum absolute atomic E-state index is 15.0. The van der Waals surface area contributed by atoms with Gasteiger partial charge in [0.1, 0.15) is 5.82 Å². The van der Waals surface area contributed by atoms with E-state index in [1.165, 1.54) is 102 Å². The molecule has 2 saturated heterocycles. The number of nitrogens with one attached hydrogen (secondary N) is 2. The van der Waals surface area contributed by atoms with Crippen molar-refractivity contribution < 1.29 is 14.0 Å². The molecule has 0 aromatic heterocycles. The van der Waals surface area contributed by atoms with E-state index in [0.29, 0.717) is 18.0 Å². The molecule has 2 N–H and O–H groups in total. The molecule has 4 fully saturated rings. The van der Waals surface area contributed by atoms with E-state index in [1.54, 1.807) is 6.07 Å². The Morgan fingerprint density at radius 1 is 0.766 bits per heavy atom. The third-order valence-corrected chi connectivity index (χ3v) is 11.6. The molecule has 1 amide bonds. The van der Waals surface area contributed by atoms with Gasteiger partial charge in [-0.15, -0.1) is 0 Å². The molecule has 4 aliphatic rings. The summed E-state index contributed by atoms with van der Waals surface area (Å²) in [6.45, 7) is 2.47. The predicted molar refractivity (Wildman–Crippen MR) is 187 cm³/mol. The Labute approximate surface area is 283 Å². The van der Waals surface area contributed by atoms with E-state index in [2.05, 4.69) is 51.1 Å². The van der Waals surface area contributed by atoms with Crippen molar-refractivity contribution in [1.82, 2.24) is 20.8 Å². The summed E-state index contributed by atoms with van der Waals surface area (Å²) in [5.41, 5.74) is 4.04. The smallest absolute Gasteiger partial charge is 0.255 e.